The molecular formula is C17H28N6O. The maximum atomic E-state index is 11.3. The van der Waals surface area contributed by atoms with E-state index in [-0.39, 0.29) is 17.4 Å². The Morgan fingerprint density at radius 3 is 2.62 bits per heavy atom. The summed E-state index contributed by atoms with van der Waals surface area (Å²) in [4.78, 5) is 22.4. The van der Waals surface area contributed by atoms with Crippen molar-refractivity contribution in [3.8, 4) is 0 Å². The highest BCUT2D eigenvalue weighted by atomic mass is 16.1. The normalized spacial score (nSPS) is 17.0. The quantitative estimate of drug-likeness (QED) is 0.562. The monoisotopic (exact) mass is 332 g/mol. The molecule has 132 valence electrons. The predicted molar refractivity (Wildman–Crippen MR) is 96.6 cm³/mol. The van der Waals surface area contributed by atoms with E-state index in [4.69, 9.17) is 11.5 Å². The molecule has 1 aromatic rings. The number of nitrogens with one attached hydrogen (secondary N) is 1. The van der Waals surface area contributed by atoms with E-state index in [0.29, 0.717) is 12.5 Å². The highest BCUT2D eigenvalue weighted by Crippen LogP contribution is 2.24. The highest BCUT2D eigenvalue weighted by molar-refractivity contribution is 5.78. The molecule has 2 heterocycles. The van der Waals surface area contributed by atoms with Crippen LogP contribution in [0.2, 0.25) is 0 Å². The number of hydrogen-bond acceptors (Lipinski definition) is 4. The Morgan fingerprint density at radius 1 is 1.38 bits per heavy atom. The lowest BCUT2D eigenvalue weighted by Crippen LogP contribution is -2.45. The summed E-state index contributed by atoms with van der Waals surface area (Å²) < 4.78 is 0. The van der Waals surface area contributed by atoms with E-state index in [9.17, 15) is 4.79 Å². The molecule has 7 nitrogen and oxygen atoms in total. The van der Waals surface area contributed by atoms with Gasteiger partial charge < -0.3 is 21.7 Å². The van der Waals surface area contributed by atoms with Crippen LogP contribution in [0.3, 0.4) is 0 Å². The first-order chi connectivity index (χ1) is 11.3. The maximum Gasteiger partial charge on any atom is 0.220 e. The fourth-order valence-electron chi connectivity index (χ4n) is 2.81. The first-order valence-corrected chi connectivity index (χ1v) is 8.32. The van der Waals surface area contributed by atoms with Crippen molar-refractivity contribution in [3.05, 3.63) is 23.9 Å². The van der Waals surface area contributed by atoms with Gasteiger partial charge in [0.2, 0.25) is 5.91 Å². The van der Waals surface area contributed by atoms with Crippen molar-refractivity contribution in [3.63, 3.8) is 0 Å². The van der Waals surface area contributed by atoms with Crippen molar-refractivity contribution < 1.29 is 4.79 Å². The molecule has 1 aliphatic heterocycles. The average Bonchev–Trinajstić information content (AvgIpc) is 2.52. The predicted octanol–water partition coefficient (Wildman–Crippen LogP) is 0.986. The van der Waals surface area contributed by atoms with E-state index in [1.54, 1.807) is 6.20 Å². The number of carbonyl (C=O) groups excluding carboxylic acids is 1. The summed E-state index contributed by atoms with van der Waals surface area (Å²) >= 11 is 0. The van der Waals surface area contributed by atoms with Gasteiger partial charge in [-0.05, 0) is 39.7 Å². The van der Waals surface area contributed by atoms with Crippen LogP contribution in [0.4, 0.5) is 5.82 Å². The van der Waals surface area contributed by atoms with Gasteiger partial charge in [-0.3, -0.25) is 4.79 Å². The lowest BCUT2D eigenvalue weighted by molar-refractivity contribution is -0.122. The van der Waals surface area contributed by atoms with Gasteiger partial charge in [0.25, 0.3) is 0 Å². The maximum absolute atomic E-state index is 11.3. The lowest BCUT2D eigenvalue weighted by Gasteiger charge is -2.32. The van der Waals surface area contributed by atoms with Crippen LogP contribution in [0, 0.1) is 5.92 Å². The number of carbonyl (C=O) groups is 1. The first-order valence-electron chi connectivity index (χ1n) is 8.32. The van der Waals surface area contributed by atoms with Gasteiger partial charge >= 0.3 is 0 Å². The lowest BCUT2D eigenvalue weighted by atomic mass is 9.96. The van der Waals surface area contributed by atoms with Crippen molar-refractivity contribution >= 4 is 17.7 Å². The number of amides is 1. The second kappa shape index (κ2) is 7.51. The SMILES string of the molecule is CC(C)(C)NC(N)=NCc1cccnc1N1CCC(C(N)=O)CC1. The summed E-state index contributed by atoms with van der Waals surface area (Å²) in [6.45, 7) is 8.12. The summed E-state index contributed by atoms with van der Waals surface area (Å²) in [5.74, 6) is 1.09. The van der Waals surface area contributed by atoms with Gasteiger partial charge in [0.05, 0.1) is 6.54 Å². The van der Waals surface area contributed by atoms with Crippen LogP contribution in [-0.2, 0) is 11.3 Å². The summed E-state index contributed by atoms with van der Waals surface area (Å²) in [6, 6.07) is 3.91. The molecule has 0 unspecified atom stereocenters. The summed E-state index contributed by atoms with van der Waals surface area (Å²) in [7, 11) is 0. The zero-order chi connectivity index (χ0) is 17.7. The van der Waals surface area contributed by atoms with E-state index < -0.39 is 0 Å². The molecule has 2 rings (SSSR count). The standard InChI is InChI=1S/C17H28N6O/c1-17(2,3)22-16(19)21-11-13-5-4-8-20-15(13)23-9-6-12(7-10-23)14(18)24/h4-5,8,12H,6-7,9-11H2,1-3H3,(H2,18,24)(H3,19,21,22). The first kappa shape index (κ1) is 18.0. The molecule has 0 bridgehead atoms. The second-order valence-corrected chi connectivity index (χ2v) is 7.23. The zero-order valence-electron chi connectivity index (χ0n) is 14.7. The molecule has 0 saturated carbocycles. The number of anilines is 1. The third kappa shape index (κ3) is 5.11. The van der Waals surface area contributed by atoms with E-state index in [0.717, 1.165) is 37.3 Å². The van der Waals surface area contributed by atoms with Crippen LogP contribution < -0.4 is 21.7 Å². The number of aliphatic imine (C=N–C) groups is 1. The molecule has 0 spiro atoms. The number of guanidine groups is 1. The number of hydrogen-bond donors (Lipinski definition) is 3. The molecule has 1 fully saturated rings. The smallest absolute Gasteiger partial charge is 0.220 e. The van der Waals surface area contributed by atoms with Crippen LogP contribution >= 0.6 is 0 Å². The molecule has 5 N–H and O–H groups in total. The zero-order valence-corrected chi connectivity index (χ0v) is 14.7. The molecule has 0 atom stereocenters. The van der Waals surface area contributed by atoms with E-state index in [1.165, 1.54) is 0 Å². The van der Waals surface area contributed by atoms with Gasteiger partial charge in [0.15, 0.2) is 5.96 Å². The molecular weight excluding hydrogens is 304 g/mol. The average molecular weight is 332 g/mol. The van der Waals surface area contributed by atoms with Crippen molar-refractivity contribution in [2.75, 3.05) is 18.0 Å². The minimum absolute atomic E-state index is 0.0296. The van der Waals surface area contributed by atoms with Gasteiger partial charge in [-0.15, -0.1) is 0 Å². The van der Waals surface area contributed by atoms with Crippen LogP contribution in [0.15, 0.2) is 23.3 Å². The van der Waals surface area contributed by atoms with Gasteiger partial charge in [0, 0.05) is 36.3 Å². The minimum Gasteiger partial charge on any atom is -0.370 e. The number of piperidine rings is 1. The van der Waals surface area contributed by atoms with Crippen LogP contribution in [0.25, 0.3) is 0 Å². The minimum atomic E-state index is -0.207. The molecule has 1 amide bonds. The molecule has 1 aromatic heterocycles. The van der Waals surface area contributed by atoms with Gasteiger partial charge in [0.1, 0.15) is 5.82 Å². The third-order valence-corrected chi connectivity index (χ3v) is 3.99. The molecule has 24 heavy (non-hydrogen) atoms. The number of nitrogens with two attached hydrogens (primary N) is 2. The summed E-state index contributed by atoms with van der Waals surface area (Å²) in [5.41, 5.74) is 12.2. The fraction of sp³-hybridized carbons (Fsp3) is 0.588. The number of pyridine rings is 1. The molecule has 0 aromatic carbocycles. The Bertz CT molecular complexity index is 599. The number of nitrogens with zero attached hydrogens (tertiary/aromatic N) is 3. The van der Waals surface area contributed by atoms with Crippen LogP contribution in [0.5, 0.6) is 0 Å². The Hall–Kier alpha value is -2.31. The van der Waals surface area contributed by atoms with Crippen LogP contribution in [0.1, 0.15) is 39.2 Å². The van der Waals surface area contributed by atoms with Crippen molar-refractivity contribution in [2.24, 2.45) is 22.4 Å². The Kier molecular flexibility index (Phi) is 5.64. The van der Waals surface area contributed by atoms with E-state index >= 15 is 0 Å². The Labute approximate surface area is 143 Å². The van der Waals surface area contributed by atoms with Crippen LogP contribution in [-0.4, -0.2) is 35.5 Å². The number of rotatable bonds is 4. The van der Waals surface area contributed by atoms with Gasteiger partial charge in [-0.2, -0.15) is 0 Å². The van der Waals surface area contributed by atoms with Crippen molar-refractivity contribution in [1.29, 1.82) is 0 Å². The molecule has 7 heteroatoms. The molecule has 0 aliphatic carbocycles. The van der Waals surface area contributed by atoms with E-state index in [2.05, 4.69) is 20.2 Å². The molecule has 1 saturated heterocycles. The van der Waals surface area contributed by atoms with Crippen molar-refractivity contribution in [1.82, 2.24) is 10.3 Å². The van der Waals surface area contributed by atoms with E-state index in [1.807, 2.05) is 32.9 Å². The van der Waals surface area contributed by atoms with Gasteiger partial charge in [-0.1, -0.05) is 6.07 Å². The largest absolute Gasteiger partial charge is 0.370 e. The molecule has 0 radical (unpaired) electrons. The van der Waals surface area contributed by atoms with Crippen molar-refractivity contribution in [2.45, 2.75) is 45.7 Å². The third-order valence-electron chi connectivity index (χ3n) is 3.99. The van der Waals surface area contributed by atoms with Gasteiger partial charge in [-0.25, -0.2) is 9.98 Å². The summed E-state index contributed by atoms with van der Waals surface area (Å²) in [6.07, 6.45) is 3.31. The Morgan fingerprint density at radius 2 is 2.04 bits per heavy atom. The second-order valence-electron chi connectivity index (χ2n) is 7.23. The highest BCUT2D eigenvalue weighted by Gasteiger charge is 2.24. The number of aromatic nitrogens is 1. The molecule has 1 aliphatic rings. The summed E-state index contributed by atoms with van der Waals surface area (Å²) in [5, 5.41) is 3.15. The topological polar surface area (TPSA) is 110 Å². The fourth-order valence-corrected chi connectivity index (χ4v) is 2.81. The number of primary amides is 1. The Balaban J connectivity index is 2.06.